The molecular formula is C15H23N3O3. The van der Waals surface area contributed by atoms with E-state index in [-0.39, 0.29) is 6.04 Å². The van der Waals surface area contributed by atoms with Crippen molar-refractivity contribution < 1.29 is 14.3 Å². The van der Waals surface area contributed by atoms with Gasteiger partial charge in [-0.25, -0.2) is 4.79 Å². The molecule has 2 atom stereocenters. The summed E-state index contributed by atoms with van der Waals surface area (Å²) in [5.41, 5.74) is 6.87. The van der Waals surface area contributed by atoms with Gasteiger partial charge in [0.25, 0.3) is 5.91 Å². The molecule has 21 heavy (non-hydrogen) atoms. The lowest BCUT2D eigenvalue weighted by atomic mass is 10.0. The van der Waals surface area contributed by atoms with Crippen LogP contribution in [0.25, 0.3) is 0 Å². The number of nitrogens with one attached hydrogen (secondary N) is 2. The molecule has 3 amide bonds. The summed E-state index contributed by atoms with van der Waals surface area (Å²) in [6, 6.07) is 6.64. The first-order chi connectivity index (χ1) is 9.99. The first-order valence-electron chi connectivity index (χ1n) is 7.09. The number of imide groups is 1. The molecule has 0 spiro atoms. The molecular weight excluding hydrogens is 270 g/mol. The van der Waals surface area contributed by atoms with Crippen molar-refractivity contribution in [2.24, 2.45) is 5.73 Å². The summed E-state index contributed by atoms with van der Waals surface area (Å²) < 4.78 is 5.64. The molecule has 0 saturated heterocycles. The van der Waals surface area contributed by atoms with Gasteiger partial charge < -0.3 is 15.8 Å². The third-order valence-corrected chi connectivity index (χ3v) is 3.01. The maximum atomic E-state index is 11.9. The van der Waals surface area contributed by atoms with Crippen molar-refractivity contribution in [3.05, 3.63) is 29.8 Å². The lowest BCUT2D eigenvalue weighted by Gasteiger charge is -2.19. The van der Waals surface area contributed by atoms with E-state index >= 15 is 0 Å². The van der Waals surface area contributed by atoms with Gasteiger partial charge in [0.2, 0.25) is 0 Å². The highest BCUT2D eigenvalue weighted by molar-refractivity contribution is 5.96. The number of carbonyl (C=O) groups excluding carboxylic acids is 2. The Hall–Kier alpha value is -2.08. The smallest absolute Gasteiger partial charge is 0.321 e. The Labute approximate surface area is 125 Å². The number of hydrogen-bond acceptors (Lipinski definition) is 4. The average Bonchev–Trinajstić information content (AvgIpc) is 2.47. The summed E-state index contributed by atoms with van der Waals surface area (Å²) in [5.74, 6) is 0.0613. The minimum absolute atomic E-state index is 0.153. The summed E-state index contributed by atoms with van der Waals surface area (Å²) in [4.78, 5) is 23.2. The molecule has 0 saturated carbocycles. The molecule has 0 aromatic heterocycles. The van der Waals surface area contributed by atoms with Gasteiger partial charge in [-0.05, 0) is 26.3 Å². The van der Waals surface area contributed by atoms with Gasteiger partial charge in [-0.15, -0.1) is 0 Å². The molecule has 0 aliphatic rings. The summed E-state index contributed by atoms with van der Waals surface area (Å²) in [5, 5.41) is 4.71. The van der Waals surface area contributed by atoms with E-state index in [4.69, 9.17) is 10.5 Å². The van der Waals surface area contributed by atoms with Crippen molar-refractivity contribution >= 4 is 11.9 Å². The molecule has 4 N–H and O–H groups in total. The maximum Gasteiger partial charge on any atom is 0.321 e. The molecule has 0 aliphatic heterocycles. The van der Waals surface area contributed by atoms with Crippen LogP contribution < -0.4 is 21.1 Å². The lowest BCUT2D eigenvalue weighted by Crippen LogP contribution is -2.45. The van der Waals surface area contributed by atoms with Crippen LogP contribution in [0.4, 0.5) is 4.79 Å². The number of carbonyl (C=O) groups is 2. The zero-order chi connectivity index (χ0) is 15.8. The van der Waals surface area contributed by atoms with E-state index < -0.39 is 18.0 Å². The molecule has 1 rings (SSSR count). The summed E-state index contributed by atoms with van der Waals surface area (Å²) >= 11 is 0. The van der Waals surface area contributed by atoms with Crippen LogP contribution in [0.5, 0.6) is 5.75 Å². The first-order valence-corrected chi connectivity index (χ1v) is 7.09. The number of para-hydroxylation sites is 1. The minimum Gasteiger partial charge on any atom is -0.481 e. The largest absolute Gasteiger partial charge is 0.481 e. The fourth-order valence-electron chi connectivity index (χ4n) is 1.78. The number of amides is 3. The van der Waals surface area contributed by atoms with Crippen LogP contribution in [0.2, 0.25) is 0 Å². The van der Waals surface area contributed by atoms with Gasteiger partial charge in [-0.3, -0.25) is 10.1 Å². The Balaban J connectivity index is 2.72. The molecule has 0 heterocycles. The first kappa shape index (κ1) is 17.0. The van der Waals surface area contributed by atoms with Crippen molar-refractivity contribution in [3.63, 3.8) is 0 Å². The van der Waals surface area contributed by atoms with E-state index in [2.05, 4.69) is 10.6 Å². The maximum absolute atomic E-state index is 11.9. The molecule has 6 heteroatoms. The van der Waals surface area contributed by atoms with Crippen LogP contribution in [-0.4, -0.2) is 24.6 Å². The highest BCUT2D eigenvalue weighted by atomic mass is 16.5. The molecule has 0 radical (unpaired) electrons. The van der Waals surface area contributed by atoms with Crippen LogP contribution in [0, 0.1) is 0 Å². The van der Waals surface area contributed by atoms with Gasteiger partial charge in [-0.2, -0.15) is 0 Å². The SMILES string of the molecule is CCNC(=O)NC(=O)C(C)Oc1ccccc1C(N)CC. The van der Waals surface area contributed by atoms with E-state index in [1.165, 1.54) is 0 Å². The van der Waals surface area contributed by atoms with Crippen LogP contribution in [0.15, 0.2) is 24.3 Å². The second-order valence-electron chi connectivity index (χ2n) is 4.66. The summed E-state index contributed by atoms with van der Waals surface area (Å²) in [6.45, 7) is 5.78. The predicted octanol–water partition coefficient (Wildman–Crippen LogP) is 1.71. The van der Waals surface area contributed by atoms with E-state index in [0.29, 0.717) is 12.3 Å². The zero-order valence-electron chi connectivity index (χ0n) is 12.7. The quantitative estimate of drug-likeness (QED) is 0.744. The van der Waals surface area contributed by atoms with Crippen molar-refractivity contribution in [1.82, 2.24) is 10.6 Å². The van der Waals surface area contributed by atoms with E-state index in [0.717, 1.165) is 12.0 Å². The van der Waals surface area contributed by atoms with Gasteiger partial charge in [0.15, 0.2) is 6.10 Å². The minimum atomic E-state index is -0.794. The second-order valence-corrected chi connectivity index (χ2v) is 4.66. The molecule has 1 aromatic carbocycles. The van der Waals surface area contributed by atoms with Crippen LogP contribution in [-0.2, 0) is 4.79 Å². The van der Waals surface area contributed by atoms with Crippen LogP contribution in [0.1, 0.15) is 38.8 Å². The van der Waals surface area contributed by atoms with E-state index in [9.17, 15) is 9.59 Å². The molecule has 0 bridgehead atoms. The number of urea groups is 1. The van der Waals surface area contributed by atoms with Crippen molar-refractivity contribution in [3.8, 4) is 5.75 Å². The number of rotatable bonds is 6. The fourth-order valence-corrected chi connectivity index (χ4v) is 1.78. The average molecular weight is 293 g/mol. The number of benzene rings is 1. The third kappa shape index (κ3) is 5.07. The standard InChI is InChI=1S/C15H23N3O3/c1-4-12(16)11-8-6-7-9-13(11)21-10(3)14(19)18-15(20)17-5-2/h6-10,12H,4-5,16H2,1-3H3,(H2,17,18,19,20). The van der Waals surface area contributed by atoms with E-state index in [1.54, 1.807) is 19.9 Å². The van der Waals surface area contributed by atoms with Crippen molar-refractivity contribution in [1.29, 1.82) is 0 Å². The monoisotopic (exact) mass is 293 g/mol. The highest BCUT2D eigenvalue weighted by Gasteiger charge is 2.19. The summed E-state index contributed by atoms with van der Waals surface area (Å²) in [6.07, 6.45) is -0.0299. The normalized spacial score (nSPS) is 13.1. The lowest BCUT2D eigenvalue weighted by molar-refractivity contribution is -0.126. The van der Waals surface area contributed by atoms with Gasteiger partial charge in [0, 0.05) is 18.2 Å². The fraction of sp³-hybridized carbons (Fsp3) is 0.467. The Morgan fingerprint density at radius 3 is 2.57 bits per heavy atom. The molecule has 2 unspecified atom stereocenters. The molecule has 6 nitrogen and oxygen atoms in total. The Bertz CT molecular complexity index is 491. The van der Waals surface area contributed by atoms with E-state index in [1.807, 2.05) is 25.1 Å². The number of hydrogen-bond donors (Lipinski definition) is 3. The predicted molar refractivity (Wildman–Crippen MR) is 81.0 cm³/mol. The third-order valence-electron chi connectivity index (χ3n) is 3.01. The number of nitrogens with two attached hydrogens (primary N) is 1. The van der Waals surface area contributed by atoms with Gasteiger partial charge in [-0.1, -0.05) is 25.1 Å². The Morgan fingerprint density at radius 1 is 1.29 bits per heavy atom. The molecule has 0 fully saturated rings. The van der Waals surface area contributed by atoms with Crippen LogP contribution in [0.3, 0.4) is 0 Å². The zero-order valence-corrected chi connectivity index (χ0v) is 12.7. The van der Waals surface area contributed by atoms with Gasteiger partial charge in [0.1, 0.15) is 5.75 Å². The van der Waals surface area contributed by atoms with Crippen LogP contribution >= 0.6 is 0 Å². The summed E-state index contributed by atoms with van der Waals surface area (Å²) in [7, 11) is 0. The second kappa shape index (κ2) is 8.26. The van der Waals surface area contributed by atoms with Gasteiger partial charge in [0.05, 0.1) is 0 Å². The Kier molecular flexibility index (Phi) is 6.68. The molecule has 116 valence electrons. The Morgan fingerprint density at radius 2 is 1.95 bits per heavy atom. The van der Waals surface area contributed by atoms with Gasteiger partial charge >= 0.3 is 6.03 Å². The van der Waals surface area contributed by atoms with Crippen molar-refractivity contribution in [2.75, 3.05) is 6.54 Å². The highest BCUT2D eigenvalue weighted by Crippen LogP contribution is 2.26. The molecule has 1 aromatic rings. The number of ether oxygens (including phenoxy) is 1. The molecule has 0 aliphatic carbocycles. The van der Waals surface area contributed by atoms with Crippen molar-refractivity contribution in [2.45, 2.75) is 39.3 Å². The topological polar surface area (TPSA) is 93.5 Å².